The van der Waals surface area contributed by atoms with E-state index in [-0.39, 0.29) is 11.6 Å². The maximum atomic E-state index is 11.4. The summed E-state index contributed by atoms with van der Waals surface area (Å²) in [6.07, 6.45) is 1.14. The molecule has 1 heterocycles. The highest BCUT2D eigenvalue weighted by atomic mass is 16.6. The van der Waals surface area contributed by atoms with Gasteiger partial charge in [-0.3, -0.25) is 4.57 Å². The first-order valence-corrected chi connectivity index (χ1v) is 5.48. The maximum Gasteiger partial charge on any atom is 0.381 e. The van der Waals surface area contributed by atoms with E-state index in [0.717, 1.165) is 6.20 Å². The largest absolute Gasteiger partial charge is 0.479 e. The molecule has 0 unspecified atom stereocenters. The van der Waals surface area contributed by atoms with Crippen molar-refractivity contribution in [3.63, 3.8) is 0 Å². The third-order valence-electron chi connectivity index (χ3n) is 2.72. The Balaban J connectivity index is 2.52. The minimum Gasteiger partial charge on any atom is -0.479 e. The van der Waals surface area contributed by atoms with E-state index in [1.807, 2.05) is 0 Å². The van der Waals surface area contributed by atoms with Gasteiger partial charge in [0.05, 0.1) is 0 Å². The molecule has 98 valence electrons. The number of aromatic nitrogens is 2. The fourth-order valence-electron chi connectivity index (χ4n) is 1.88. The zero-order valence-corrected chi connectivity index (χ0v) is 10.1. The minimum absolute atomic E-state index is 0.281. The van der Waals surface area contributed by atoms with Crippen molar-refractivity contribution in [1.29, 1.82) is 0 Å². The molecule has 1 aromatic heterocycles. The van der Waals surface area contributed by atoms with Crippen molar-refractivity contribution < 1.29 is 14.8 Å². The smallest absolute Gasteiger partial charge is 0.381 e. The van der Waals surface area contributed by atoms with Gasteiger partial charge in [0.15, 0.2) is 6.04 Å². The van der Waals surface area contributed by atoms with Crippen LogP contribution in [0.3, 0.4) is 0 Å². The van der Waals surface area contributed by atoms with Gasteiger partial charge >= 0.3 is 11.8 Å². The topological polar surface area (TPSA) is 98.3 Å². The number of carbonyl (C=O) groups is 1. The predicted octanol–water partition coefficient (Wildman–Crippen LogP) is 1.77. The third-order valence-corrected chi connectivity index (χ3v) is 2.72. The molecule has 1 atom stereocenters. The summed E-state index contributed by atoms with van der Waals surface area (Å²) in [4.78, 5) is 25.2. The highest BCUT2D eigenvalue weighted by Crippen LogP contribution is 2.23. The van der Waals surface area contributed by atoms with Crippen LogP contribution in [0, 0.1) is 17.0 Å². The van der Waals surface area contributed by atoms with Gasteiger partial charge in [-0.2, -0.15) is 0 Å². The molecule has 0 saturated heterocycles. The van der Waals surface area contributed by atoms with Crippen molar-refractivity contribution in [1.82, 2.24) is 9.55 Å². The average molecular weight is 261 g/mol. The zero-order chi connectivity index (χ0) is 14.0. The monoisotopic (exact) mass is 261 g/mol. The van der Waals surface area contributed by atoms with Gasteiger partial charge in [-0.1, -0.05) is 30.3 Å². The van der Waals surface area contributed by atoms with Crippen molar-refractivity contribution in [2.24, 2.45) is 0 Å². The molecule has 0 fully saturated rings. The van der Waals surface area contributed by atoms with Gasteiger partial charge in [-0.05, 0) is 15.5 Å². The van der Waals surface area contributed by atoms with E-state index in [1.165, 1.54) is 11.5 Å². The molecule has 7 nitrogen and oxygen atoms in total. The second-order valence-corrected chi connectivity index (χ2v) is 3.96. The first kappa shape index (κ1) is 12.7. The van der Waals surface area contributed by atoms with Crippen molar-refractivity contribution >= 4 is 11.8 Å². The van der Waals surface area contributed by atoms with Crippen LogP contribution in [0.5, 0.6) is 0 Å². The van der Waals surface area contributed by atoms with Gasteiger partial charge in [0.1, 0.15) is 6.20 Å². The van der Waals surface area contributed by atoms with E-state index in [4.69, 9.17) is 0 Å². The number of aryl methyl sites for hydroxylation is 1. The Kier molecular flexibility index (Phi) is 3.28. The standard InChI is InChI=1S/C12H11N3O4/c1-8-13-10(15(18)19)7-14(8)11(12(16)17)9-5-3-2-4-6-9/h2-7,11H,1H3,(H,16,17)/t11-/m1/s1. The lowest BCUT2D eigenvalue weighted by molar-refractivity contribution is -0.389. The summed E-state index contributed by atoms with van der Waals surface area (Å²) < 4.78 is 1.29. The van der Waals surface area contributed by atoms with Gasteiger partial charge in [-0.15, -0.1) is 0 Å². The lowest BCUT2D eigenvalue weighted by Crippen LogP contribution is -2.20. The Morgan fingerprint density at radius 3 is 2.53 bits per heavy atom. The molecular formula is C12H11N3O4. The summed E-state index contributed by atoms with van der Waals surface area (Å²) in [7, 11) is 0. The number of nitrogens with zero attached hydrogens (tertiary/aromatic N) is 3. The van der Waals surface area contributed by atoms with E-state index in [2.05, 4.69) is 4.98 Å². The Morgan fingerprint density at radius 1 is 1.42 bits per heavy atom. The number of hydrogen-bond donors (Lipinski definition) is 1. The molecule has 2 rings (SSSR count). The molecule has 0 aliphatic rings. The van der Waals surface area contributed by atoms with E-state index in [1.54, 1.807) is 30.3 Å². The van der Waals surface area contributed by atoms with Crippen LogP contribution in [0.15, 0.2) is 36.5 Å². The van der Waals surface area contributed by atoms with Gasteiger partial charge in [0, 0.05) is 6.92 Å². The summed E-state index contributed by atoms with van der Waals surface area (Å²) in [5, 5.41) is 20.0. The number of benzene rings is 1. The Bertz CT molecular complexity index is 621. The normalized spacial score (nSPS) is 12.1. The van der Waals surface area contributed by atoms with Crippen molar-refractivity contribution in [2.45, 2.75) is 13.0 Å². The van der Waals surface area contributed by atoms with E-state index in [9.17, 15) is 20.0 Å². The number of nitro groups is 1. The van der Waals surface area contributed by atoms with Crippen LogP contribution in [-0.2, 0) is 4.79 Å². The highest BCUT2D eigenvalue weighted by Gasteiger charge is 2.27. The lowest BCUT2D eigenvalue weighted by atomic mass is 10.1. The van der Waals surface area contributed by atoms with Crippen LogP contribution in [0.1, 0.15) is 17.4 Å². The van der Waals surface area contributed by atoms with E-state index < -0.39 is 16.9 Å². The van der Waals surface area contributed by atoms with E-state index in [0.29, 0.717) is 5.56 Å². The van der Waals surface area contributed by atoms with Crippen LogP contribution in [0.25, 0.3) is 0 Å². The van der Waals surface area contributed by atoms with Crippen LogP contribution in [0.4, 0.5) is 5.82 Å². The summed E-state index contributed by atoms with van der Waals surface area (Å²) >= 11 is 0. The number of carboxylic acids is 1. The van der Waals surface area contributed by atoms with Crippen LogP contribution < -0.4 is 0 Å². The molecule has 0 bridgehead atoms. The molecule has 1 aromatic carbocycles. The summed E-state index contributed by atoms with van der Waals surface area (Å²) in [6.45, 7) is 1.53. The van der Waals surface area contributed by atoms with Crippen LogP contribution >= 0.6 is 0 Å². The van der Waals surface area contributed by atoms with Gasteiger partial charge in [0.25, 0.3) is 0 Å². The second-order valence-electron chi connectivity index (χ2n) is 3.96. The van der Waals surface area contributed by atoms with Crippen molar-refractivity contribution in [2.75, 3.05) is 0 Å². The molecule has 0 aliphatic heterocycles. The average Bonchev–Trinajstić information content (AvgIpc) is 2.73. The minimum atomic E-state index is -1.10. The molecule has 0 saturated carbocycles. The summed E-state index contributed by atoms with van der Waals surface area (Å²) in [5.41, 5.74) is 0.533. The molecule has 0 spiro atoms. The number of aliphatic carboxylic acids is 1. The Labute approximate surface area is 108 Å². The molecule has 0 amide bonds. The molecule has 1 N–H and O–H groups in total. The summed E-state index contributed by atoms with van der Waals surface area (Å²) in [6, 6.07) is 7.49. The van der Waals surface area contributed by atoms with Gasteiger partial charge in [-0.25, -0.2) is 4.79 Å². The SMILES string of the molecule is Cc1nc([N+](=O)[O-])cn1[C@@H](C(=O)O)c1ccccc1. The van der Waals surface area contributed by atoms with E-state index >= 15 is 0 Å². The zero-order valence-electron chi connectivity index (χ0n) is 10.1. The van der Waals surface area contributed by atoms with Gasteiger partial charge < -0.3 is 15.2 Å². The van der Waals surface area contributed by atoms with Gasteiger partial charge in [0.2, 0.25) is 5.82 Å². The van der Waals surface area contributed by atoms with Crippen LogP contribution in [0.2, 0.25) is 0 Å². The molecule has 19 heavy (non-hydrogen) atoms. The number of imidazole rings is 1. The van der Waals surface area contributed by atoms with Crippen molar-refractivity contribution in [3.05, 3.63) is 58.0 Å². The molecule has 0 aliphatic carbocycles. The fraction of sp³-hybridized carbons (Fsp3) is 0.167. The lowest BCUT2D eigenvalue weighted by Gasteiger charge is -2.14. The molecule has 7 heteroatoms. The van der Waals surface area contributed by atoms with Crippen LogP contribution in [-0.4, -0.2) is 25.6 Å². The third kappa shape index (κ3) is 2.44. The van der Waals surface area contributed by atoms with Crippen molar-refractivity contribution in [3.8, 4) is 0 Å². The molecule has 0 radical (unpaired) electrons. The first-order valence-electron chi connectivity index (χ1n) is 5.48. The Morgan fingerprint density at radius 2 is 2.05 bits per heavy atom. The number of hydrogen-bond acceptors (Lipinski definition) is 4. The second kappa shape index (κ2) is 4.89. The number of rotatable bonds is 4. The number of carboxylic acid groups (broad SMARTS) is 1. The molecular weight excluding hydrogens is 250 g/mol. The summed E-state index contributed by atoms with van der Waals surface area (Å²) in [5.74, 6) is -1.18. The Hall–Kier alpha value is -2.70. The highest BCUT2D eigenvalue weighted by molar-refractivity contribution is 5.76. The predicted molar refractivity (Wildman–Crippen MR) is 65.8 cm³/mol. The fourth-order valence-corrected chi connectivity index (χ4v) is 1.88. The quantitative estimate of drug-likeness (QED) is 0.668. The molecule has 2 aromatic rings. The first-order chi connectivity index (χ1) is 9.00. The maximum absolute atomic E-state index is 11.4.